The second-order valence-corrected chi connectivity index (χ2v) is 5.85. The first kappa shape index (κ1) is 17.2. The fourth-order valence-electron chi connectivity index (χ4n) is 3.39. The van der Waals surface area contributed by atoms with Crippen molar-refractivity contribution in [2.24, 2.45) is 7.05 Å². The molecule has 0 saturated heterocycles. The van der Waals surface area contributed by atoms with Crippen molar-refractivity contribution in [1.82, 2.24) is 20.0 Å². The van der Waals surface area contributed by atoms with Crippen molar-refractivity contribution in [3.63, 3.8) is 0 Å². The minimum Gasteiger partial charge on any atom is -0.315 e. The molecule has 1 aromatic rings. The average molecular weight is 280 g/mol. The van der Waals surface area contributed by atoms with Crippen LogP contribution in [-0.4, -0.2) is 47.4 Å². The second-order valence-electron chi connectivity index (χ2n) is 5.85. The molecule has 1 unspecified atom stereocenters. The molecule has 116 valence electrons. The van der Waals surface area contributed by atoms with E-state index in [9.17, 15) is 0 Å². The van der Waals surface area contributed by atoms with Gasteiger partial charge in [0.25, 0.3) is 0 Å². The van der Waals surface area contributed by atoms with Gasteiger partial charge in [0.1, 0.15) is 0 Å². The maximum atomic E-state index is 4.57. The van der Waals surface area contributed by atoms with Crippen molar-refractivity contribution in [2.75, 3.05) is 21.1 Å². The van der Waals surface area contributed by atoms with E-state index in [0.29, 0.717) is 6.04 Å². The molecule has 0 saturated carbocycles. The highest BCUT2D eigenvalue weighted by molar-refractivity contribution is 5.14. The Bertz CT molecular complexity index is 405. The third kappa shape index (κ3) is 3.23. The summed E-state index contributed by atoms with van der Waals surface area (Å²) < 4.78 is 2.04. The van der Waals surface area contributed by atoms with E-state index < -0.39 is 0 Å². The van der Waals surface area contributed by atoms with Gasteiger partial charge in [0.05, 0.1) is 5.69 Å². The monoisotopic (exact) mass is 280 g/mol. The van der Waals surface area contributed by atoms with Gasteiger partial charge in [-0.15, -0.1) is 0 Å². The Labute approximate surface area is 124 Å². The Morgan fingerprint density at radius 3 is 2.25 bits per heavy atom. The molecule has 1 rings (SSSR count). The Balaban J connectivity index is 3.02. The maximum absolute atomic E-state index is 4.57. The highest BCUT2D eigenvalue weighted by atomic mass is 15.3. The molecule has 1 N–H and O–H groups in total. The van der Waals surface area contributed by atoms with Crippen LogP contribution in [0.25, 0.3) is 0 Å². The Morgan fingerprint density at radius 1 is 1.30 bits per heavy atom. The minimum atomic E-state index is 0.186. The first-order valence-corrected chi connectivity index (χ1v) is 7.81. The molecule has 0 aliphatic heterocycles. The lowest BCUT2D eigenvalue weighted by atomic mass is 9.81. The summed E-state index contributed by atoms with van der Waals surface area (Å²) in [5.41, 5.74) is 2.68. The van der Waals surface area contributed by atoms with Crippen molar-refractivity contribution >= 4 is 0 Å². The molecule has 0 radical (unpaired) electrons. The maximum Gasteiger partial charge on any atom is 0.0624 e. The summed E-state index contributed by atoms with van der Waals surface area (Å²) >= 11 is 0. The van der Waals surface area contributed by atoms with Gasteiger partial charge in [-0.05, 0) is 46.5 Å². The molecule has 1 aromatic heterocycles. The molecular formula is C16H32N4. The van der Waals surface area contributed by atoms with E-state index in [2.05, 4.69) is 70.3 Å². The summed E-state index contributed by atoms with van der Waals surface area (Å²) in [5.74, 6) is 0. The van der Waals surface area contributed by atoms with Gasteiger partial charge < -0.3 is 10.2 Å². The summed E-state index contributed by atoms with van der Waals surface area (Å²) in [6.07, 6.45) is 4.29. The highest BCUT2D eigenvalue weighted by Crippen LogP contribution is 2.28. The van der Waals surface area contributed by atoms with Crippen molar-refractivity contribution in [1.29, 1.82) is 0 Å². The molecule has 4 nitrogen and oxygen atoms in total. The SMILES string of the molecule is CCc1cc(CC(NC)C(CC)(CC)N(C)C)n(C)n1. The van der Waals surface area contributed by atoms with Crippen LogP contribution in [-0.2, 0) is 19.9 Å². The van der Waals surface area contributed by atoms with Crippen LogP contribution < -0.4 is 5.32 Å². The second kappa shape index (κ2) is 7.23. The predicted octanol–water partition coefficient (Wildman–Crippen LogP) is 2.23. The molecule has 1 atom stereocenters. The third-order valence-electron chi connectivity index (χ3n) is 4.92. The smallest absolute Gasteiger partial charge is 0.0624 e. The van der Waals surface area contributed by atoms with E-state index in [1.54, 1.807) is 0 Å². The van der Waals surface area contributed by atoms with Gasteiger partial charge >= 0.3 is 0 Å². The summed E-state index contributed by atoms with van der Waals surface area (Å²) in [7, 11) is 8.51. The summed E-state index contributed by atoms with van der Waals surface area (Å²) in [5, 5.41) is 8.12. The van der Waals surface area contributed by atoms with Crippen LogP contribution in [0.1, 0.15) is 45.0 Å². The van der Waals surface area contributed by atoms with Gasteiger partial charge in [0, 0.05) is 30.7 Å². The number of aromatic nitrogens is 2. The number of nitrogens with zero attached hydrogens (tertiary/aromatic N) is 3. The first-order valence-electron chi connectivity index (χ1n) is 7.81. The lowest BCUT2D eigenvalue weighted by molar-refractivity contribution is 0.0909. The number of hydrogen-bond donors (Lipinski definition) is 1. The number of hydrogen-bond acceptors (Lipinski definition) is 3. The van der Waals surface area contributed by atoms with Gasteiger partial charge in [0.2, 0.25) is 0 Å². The number of likely N-dealkylation sites (N-methyl/N-ethyl adjacent to an activating group) is 2. The fraction of sp³-hybridized carbons (Fsp3) is 0.812. The predicted molar refractivity (Wildman–Crippen MR) is 86.1 cm³/mol. The van der Waals surface area contributed by atoms with Gasteiger partial charge in [-0.25, -0.2) is 0 Å². The van der Waals surface area contributed by atoms with Crippen molar-refractivity contribution < 1.29 is 0 Å². The average Bonchev–Trinajstić information content (AvgIpc) is 2.79. The van der Waals surface area contributed by atoms with Gasteiger partial charge in [-0.2, -0.15) is 5.10 Å². The van der Waals surface area contributed by atoms with Crippen LogP contribution in [0.15, 0.2) is 6.07 Å². The lowest BCUT2D eigenvalue weighted by Gasteiger charge is -2.45. The fourth-order valence-corrected chi connectivity index (χ4v) is 3.39. The quantitative estimate of drug-likeness (QED) is 0.793. The van der Waals surface area contributed by atoms with E-state index >= 15 is 0 Å². The molecular weight excluding hydrogens is 248 g/mol. The zero-order chi connectivity index (χ0) is 15.3. The molecule has 1 heterocycles. The minimum absolute atomic E-state index is 0.186. The summed E-state index contributed by atoms with van der Waals surface area (Å²) in [4.78, 5) is 2.38. The Morgan fingerprint density at radius 2 is 1.90 bits per heavy atom. The Hall–Kier alpha value is -0.870. The molecule has 0 spiro atoms. The van der Waals surface area contributed by atoms with Gasteiger partial charge in [-0.3, -0.25) is 4.68 Å². The number of aryl methyl sites for hydroxylation is 2. The van der Waals surface area contributed by atoms with Gasteiger partial charge in [-0.1, -0.05) is 20.8 Å². The van der Waals surface area contributed by atoms with Crippen LogP contribution in [0.5, 0.6) is 0 Å². The molecule has 0 fully saturated rings. The van der Waals surface area contributed by atoms with Crippen LogP contribution in [0.4, 0.5) is 0 Å². The Kier molecular flexibility index (Phi) is 6.21. The summed E-state index contributed by atoms with van der Waals surface area (Å²) in [6, 6.07) is 2.67. The van der Waals surface area contributed by atoms with E-state index in [-0.39, 0.29) is 5.54 Å². The molecule has 20 heavy (non-hydrogen) atoms. The van der Waals surface area contributed by atoms with Crippen LogP contribution >= 0.6 is 0 Å². The lowest BCUT2D eigenvalue weighted by Crippen LogP contribution is -2.58. The van der Waals surface area contributed by atoms with E-state index in [4.69, 9.17) is 0 Å². The molecule has 4 heteroatoms. The van der Waals surface area contributed by atoms with Crippen molar-refractivity contribution in [2.45, 2.75) is 58.0 Å². The molecule has 0 aromatic carbocycles. The van der Waals surface area contributed by atoms with E-state index in [0.717, 1.165) is 25.7 Å². The zero-order valence-electron chi connectivity index (χ0n) is 14.3. The third-order valence-corrected chi connectivity index (χ3v) is 4.92. The summed E-state index contributed by atoms with van der Waals surface area (Å²) in [6.45, 7) is 6.73. The van der Waals surface area contributed by atoms with E-state index in [1.807, 2.05) is 4.68 Å². The van der Waals surface area contributed by atoms with Crippen LogP contribution in [0.2, 0.25) is 0 Å². The van der Waals surface area contributed by atoms with Crippen LogP contribution in [0, 0.1) is 0 Å². The normalized spacial score (nSPS) is 14.0. The number of nitrogens with one attached hydrogen (secondary N) is 1. The van der Waals surface area contributed by atoms with E-state index in [1.165, 1.54) is 11.4 Å². The molecule has 0 bridgehead atoms. The zero-order valence-corrected chi connectivity index (χ0v) is 14.3. The molecule has 0 amide bonds. The van der Waals surface area contributed by atoms with Crippen molar-refractivity contribution in [3.8, 4) is 0 Å². The highest BCUT2D eigenvalue weighted by Gasteiger charge is 2.37. The van der Waals surface area contributed by atoms with Gasteiger partial charge in [0.15, 0.2) is 0 Å². The van der Waals surface area contributed by atoms with Crippen LogP contribution in [0.3, 0.4) is 0 Å². The molecule has 0 aliphatic rings. The molecule has 0 aliphatic carbocycles. The van der Waals surface area contributed by atoms with Crippen molar-refractivity contribution in [3.05, 3.63) is 17.5 Å². The number of rotatable bonds is 8. The first-order chi connectivity index (χ1) is 9.44. The standard InChI is InChI=1S/C16H32N4/c1-8-13-11-14(20(7)18-13)12-15(17-4)16(9-2,10-3)19(5)6/h11,15,17H,8-10,12H2,1-7H3. The largest absolute Gasteiger partial charge is 0.315 e. The topological polar surface area (TPSA) is 33.1 Å².